The molecule has 1 saturated carbocycles. The van der Waals surface area contributed by atoms with E-state index in [1.165, 1.54) is 4.90 Å². The van der Waals surface area contributed by atoms with Crippen LogP contribution in [0.15, 0.2) is 0 Å². The first-order valence-corrected chi connectivity index (χ1v) is 6.42. The van der Waals surface area contributed by atoms with E-state index in [0.29, 0.717) is 12.8 Å². The Morgan fingerprint density at radius 2 is 2.06 bits per heavy atom. The number of nitrogens with one attached hydrogen (secondary N) is 1. The van der Waals surface area contributed by atoms with Crippen molar-refractivity contribution in [2.24, 2.45) is 5.92 Å². The summed E-state index contributed by atoms with van der Waals surface area (Å²) in [6.45, 7) is 1.67. The maximum atomic E-state index is 12.7. The Kier molecular flexibility index (Phi) is 3.53. The molecule has 1 amide bonds. The molecular weight excluding hydrogens is 265 g/mol. The standard InChI is InChI=1S/C11H15F3N2OS/c1-6-9(17)16(10(18)15-6)8-4-2-3-7(5-8)11(12,13)14/h6-8H,2-5H2,1H3,(H,15,18)/t6-,7-,8-/m1/s1. The summed E-state index contributed by atoms with van der Waals surface area (Å²) < 4.78 is 38.2. The van der Waals surface area contributed by atoms with Gasteiger partial charge in [0.15, 0.2) is 5.11 Å². The lowest BCUT2D eigenvalue weighted by Gasteiger charge is -2.35. The number of halogens is 3. The SMILES string of the molecule is C[C@H]1NC(=S)N([C@@H]2CCC[C@@H](C(F)(F)F)C2)C1=O. The normalized spacial score (nSPS) is 33.8. The highest BCUT2D eigenvalue weighted by Crippen LogP contribution is 2.39. The van der Waals surface area contributed by atoms with Crippen LogP contribution in [0.1, 0.15) is 32.6 Å². The summed E-state index contributed by atoms with van der Waals surface area (Å²) in [7, 11) is 0. The van der Waals surface area contributed by atoms with Crippen molar-refractivity contribution in [2.75, 3.05) is 0 Å². The predicted molar refractivity (Wildman–Crippen MR) is 63.8 cm³/mol. The number of carbonyl (C=O) groups excluding carboxylic acids is 1. The Morgan fingerprint density at radius 1 is 1.39 bits per heavy atom. The molecular formula is C11H15F3N2OS. The molecule has 0 aromatic carbocycles. The highest BCUT2D eigenvalue weighted by atomic mass is 32.1. The molecule has 1 heterocycles. The molecule has 1 aliphatic heterocycles. The maximum Gasteiger partial charge on any atom is 0.391 e. The molecule has 7 heteroatoms. The third kappa shape index (κ3) is 2.46. The van der Waals surface area contributed by atoms with Gasteiger partial charge in [-0.1, -0.05) is 6.42 Å². The van der Waals surface area contributed by atoms with Crippen LogP contribution in [0.4, 0.5) is 13.2 Å². The number of amides is 1. The molecule has 0 spiro atoms. The number of alkyl halides is 3. The largest absolute Gasteiger partial charge is 0.391 e. The Morgan fingerprint density at radius 3 is 2.56 bits per heavy atom. The number of carbonyl (C=O) groups is 1. The minimum atomic E-state index is -4.18. The van der Waals surface area contributed by atoms with Crippen LogP contribution < -0.4 is 5.32 Å². The fraction of sp³-hybridized carbons (Fsp3) is 0.818. The molecule has 0 aromatic heterocycles. The van der Waals surface area contributed by atoms with E-state index >= 15 is 0 Å². The van der Waals surface area contributed by atoms with E-state index in [9.17, 15) is 18.0 Å². The van der Waals surface area contributed by atoms with Crippen LogP contribution >= 0.6 is 12.2 Å². The first-order chi connectivity index (χ1) is 8.30. The minimum absolute atomic E-state index is 0.0379. The van der Waals surface area contributed by atoms with E-state index in [1.807, 2.05) is 0 Å². The van der Waals surface area contributed by atoms with Gasteiger partial charge in [-0.15, -0.1) is 0 Å². The number of thiocarbonyl (C=S) groups is 1. The van der Waals surface area contributed by atoms with Gasteiger partial charge in [0.2, 0.25) is 0 Å². The van der Waals surface area contributed by atoms with Gasteiger partial charge in [0.1, 0.15) is 6.04 Å². The molecule has 0 aromatic rings. The molecule has 0 radical (unpaired) electrons. The van der Waals surface area contributed by atoms with Crippen molar-refractivity contribution in [1.29, 1.82) is 0 Å². The van der Waals surface area contributed by atoms with Gasteiger partial charge in [0.05, 0.1) is 5.92 Å². The Hall–Kier alpha value is -0.850. The monoisotopic (exact) mass is 280 g/mol. The van der Waals surface area contributed by atoms with Crippen LogP contribution in [0.3, 0.4) is 0 Å². The molecule has 1 N–H and O–H groups in total. The van der Waals surface area contributed by atoms with E-state index in [2.05, 4.69) is 5.32 Å². The van der Waals surface area contributed by atoms with Crippen molar-refractivity contribution in [1.82, 2.24) is 10.2 Å². The molecule has 3 nitrogen and oxygen atoms in total. The summed E-state index contributed by atoms with van der Waals surface area (Å²) in [4.78, 5) is 13.2. The van der Waals surface area contributed by atoms with Gasteiger partial charge in [0, 0.05) is 6.04 Å². The number of hydrogen-bond donors (Lipinski definition) is 1. The summed E-state index contributed by atoms with van der Waals surface area (Å²) >= 11 is 5.02. The van der Waals surface area contributed by atoms with Crippen molar-refractivity contribution in [2.45, 2.75) is 50.9 Å². The topological polar surface area (TPSA) is 32.3 Å². The van der Waals surface area contributed by atoms with Crippen molar-refractivity contribution < 1.29 is 18.0 Å². The molecule has 1 aliphatic carbocycles. The van der Waals surface area contributed by atoms with Crippen molar-refractivity contribution in [3.05, 3.63) is 0 Å². The minimum Gasteiger partial charge on any atom is -0.351 e. The lowest BCUT2D eigenvalue weighted by Crippen LogP contribution is -2.45. The number of hydrogen-bond acceptors (Lipinski definition) is 2. The Labute approximate surface area is 109 Å². The van der Waals surface area contributed by atoms with Crippen molar-refractivity contribution >= 4 is 23.2 Å². The van der Waals surface area contributed by atoms with E-state index in [1.54, 1.807) is 6.92 Å². The summed E-state index contributed by atoms with van der Waals surface area (Å²) in [6.07, 6.45) is -2.99. The highest BCUT2D eigenvalue weighted by molar-refractivity contribution is 7.80. The van der Waals surface area contributed by atoms with Crippen LogP contribution in [0.2, 0.25) is 0 Å². The lowest BCUT2D eigenvalue weighted by molar-refractivity contribution is -0.186. The second kappa shape index (κ2) is 4.68. The summed E-state index contributed by atoms with van der Waals surface area (Å²) in [5, 5.41) is 3.06. The maximum absolute atomic E-state index is 12.7. The van der Waals surface area contributed by atoms with E-state index in [0.717, 1.165) is 0 Å². The number of nitrogens with zero attached hydrogens (tertiary/aromatic N) is 1. The van der Waals surface area contributed by atoms with Gasteiger partial charge in [-0.05, 0) is 38.4 Å². The first-order valence-electron chi connectivity index (χ1n) is 6.01. The predicted octanol–water partition coefficient (Wildman–Crippen LogP) is 2.21. The zero-order valence-corrected chi connectivity index (χ0v) is 10.8. The molecule has 2 rings (SSSR count). The smallest absolute Gasteiger partial charge is 0.351 e. The zero-order chi connectivity index (χ0) is 13.5. The van der Waals surface area contributed by atoms with Gasteiger partial charge in [0.25, 0.3) is 5.91 Å². The average molecular weight is 280 g/mol. The fourth-order valence-corrected chi connectivity index (χ4v) is 3.08. The third-order valence-electron chi connectivity index (χ3n) is 3.64. The van der Waals surface area contributed by atoms with Gasteiger partial charge in [-0.3, -0.25) is 9.69 Å². The second-order valence-corrected chi connectivity index (χ2v) is 5.33. The molecule has 102 valence electrons. The summed E-state index contributed by atoms with van der Waals surface area (Å²) in [5.41, 5.74) is 0. The van der Waals surface area contributed by atoms with Crippen molar-refractivity contribution in [3.63, 3.8) is 0 Å². The lowest BCUT2D eigenvalue weighted by atomic mass is 9.84. The zero-order valence-electron chi connectivity index (χ0n) is 9.96. The van der Waals surface area contributed by atoms with Gasteiger partial charge in [-0.2, -0.15) is 13.2 Å². The van der Waals surface area contributed by atoms with Crippen LogP contribution in [-0.4, -0.2) is 34.2 Å². The summed E-state index contributed by atoms with van der Waals surface area (Å²) in [5.74, 6) is -1.53. The van der Waals surface area contributed by atoms with E-state index < -0.39 is 24.2 Å². The molecule has 18 heavy (non-hydrogen) atoms. The fourth-order valence-electron chi connectivity index (χ4n) is 2.67. The van der Waals surface area contributed by atoms with E-state index in [-0.39, 0.29) is 23.9 Å². The van der Waals surface area contributed by atoms with Crippen LogP contribution in [0.25, 0.3) is 0 Å². The molecule has 0 bridgehead atoms. The average Bonchev–Trinajstić information content (AvgIpc) is 2.52. The summed E-state index contributed by atoms with van der Waals surface area (Å²) in [6, 6.07) is -0.841. The molecule has 2 aliphatic rings. The first kappa shape index (κ1) is 13.6. The van der Waals surface area contributed by atoms with E-state index in [4.69, 9.17) is 12.2 Å². The Bertz CT molecular complexity index is 372. The van der Waals surface area contributed by atoms with Crippen LogP contribution in [0, 0.1) is 5.92 Å². The second-order valence-electron chi connectivity index (χ2n) is 4.94. The molecule has 0 unspecified atom stereocenters. The van der Waals surface area contributed by atoms with Crippen LogP contribution in [-0.2, 0) is 4.79 Å². The van der Waals surface area contributed by atoms with Gasteiger partial charge in [-0.25, -0.2) is 0 Å². The molecule has 1 saturated heterocycles. The molecule has 3 atom stereocenters. The highest BCUT2D eigenvalue weighted by Gasteiger charge is 2.46. The Balaban J connectivity index is 2.10. The van der Waals surface area contributed by atoms with Crippen molar-refractivity contribution in [3.8, 4) is 0 Å². The van der Waals surface area contributed by atoms with Crippen LogP contribution in [0.5, 0.6) is 0 Å². The van der Waals surface area contributed by atoms with Gasteiger partial charge < -0.3 is 5.32 Å². The third-order valence-corrected chi connectivity index (χ3v) is 3.96. The quantitative estimate of drug-likeness (QED) is 0.747. The van der Waals surface area contributed by atoms with Gasteiger partial charge >= 0.3 is 6.18 Å². The number of rotatable bonds is 1. The molecule has 2 fully saturated rings.